The van der Waals surface area contributed by atoms with Crippen LogP contribution in [0.4, 0.5) is 0 Å². The number of amides is 3. The van der Waals surface area contributed by atoms with Crippen LogP contribution < -0.4 is 4.74 Å². The summed E-state index contributed by atoms with van der Waals surface area (Å²) in [5.41, 5.74) is -0.504. The predicted octanol–water partition coefficient (Wildman–Crippen LogP) is 3.14. The first-order valence-corrected chi connectivity index (χ1v) is 12.2. The van der Waals surface area contributed by atoms with Crippen LogP contribution in [0.25, 0.3) is 0 Å². The Morgan fingerprint density at radius 2 is 1.82 bits per heavy atom. The van der Waals surface area contributed by atoms with E-state index in [0.717, 1.165) is 19.3 Å². The number of rotatable bonds is 9. The van der Waals surface area contributed by atoms with Crippen molar-refractivity contribution in [1.82, 2.24) is 9.80 Å². The molecule has 0 saturated carbocycles. The Morgan fingerprint density at radius 1 is 1.18 bits per heavy atom. The van der Waals surface area contributed by atoms with Gasteiger partial charge in [-0.15, -0.1) is 0 Å². The van der Waals surface area contributed by atoms with E-state index >= 15 is 0 Å². The number of benzene rings is 1. The molecular formula is C26H38N2O5. The monoisotopic (exact) mass is 458 g/mol. The van der Waals surface area contributed by atoms with E-state index in [4.69, 9.17) is 4.74 Å². The molecule has 7 heteroatoms. The van der Waals surface area contributed by atoms with Crippen molar-refractivity contribution in [3.05, 3.63) is 29.8 Å². The molecule has 0 aromatic heterocycles. The van der Waals surface area contributed by atoms with E-state index in [2.05, 4.69) is 13.8 Å². The van der Waals surface area contributed by atoms with Gasteiger partial charge in [0.2, 0.25) is 17.7 Å². The van der Waals surface area contributed by atoms with Crippen molar-refractivity contribution >= 4 is 17.7 Å². The number of imide groups is 1. The smallest absolute Gasteiger partial charge is 0.240 e. The maximum absolute atomic E-state index is 13.7. The number of carbonyl (C=O) groups excluding carboxylic acids is 3. The molecule has 3 rings (SSSR count). The average Bonchev–Trinajstić information content (AvgIpc) is 3.06. The van der Waals surface area contributed by atoms with Crippen LogP contribution in [-0.4, -0.2) is 65.5 Å². The van der Waals surface area contributed by atoms with Crippen molar-refractivity contribution in [1.29, 1.82) is 0 Å². The topological polar surface area (TPSA) is 87.2 Å². The van der Waals surface area contributed by atoms with Gasteiger partial charge in [0, 0.05) is 32.5 Å². The summed E-state index contributed by atoms with van der Waals surface area (Å²) in [6.07, 6.45) is 2.60. The Morgan fingerprint density at radius 3 is 2.36 bits per heavy atom. The van der Waals surface area contributed by atoms with Gasteiger partial charge in [0.25, 0.3) is 0 Å². The molecule has 0 bridgehead atoms. The molecule has 7 nitrogen and oxygen atoms in total. The molecule has 182 valence electrons. The van der Waals surface area contributed by atoms with Crippen LogP contribution >= 0.6 is 0 Å². The summed E-state index contributed by atoms with van der Waals surface area (Å²) in [6.45, 7) is 7.60. The maximum atomic E-state index is 13.7. The standard InChI is InChI=1S/C26H38N2O5/c1-5-22(29)19-11-13-27(14-12-19)23(30)16-26(20-6-8-21(33-4)9-7-20)17-24(31)28(25(26)32)15-10-18(2)3/h6-9,18-19,22,29H,5,10-17H2,1-4H3/t22-,26+/m1/s1. The third-order valence-electron chi connectivity index (χ3n) is 7.29. The Hall–Kier alpha value is -2.41. The summed E-state index contributed by atoms with van der Waals surface area (Å²) in [6, 6.07) is 7.14. The lowest BCUT2D eigenvalue weighted by Crippen LogP contribution is -2.46. The van der Waals surface area contributed by atoms with Gasteiger partial charge in [-0.25, -0.2) is 0 Å². The molecule has 2 saturated heterocycles. The van der Waals surface area contributed by atoms with Gasteiger partial charge in [0.1, 0.15) is 5.75 Å². The van der Waals surface area contributed by atoms with E-state index in [-0.39, 0.29) is 42.6 Å². The van der Waals surface area contributed by atoms with Gasteiger partial charge < -0.3 is 14.7 Å². The highest BCUT2D eigenvalue weighted by Gasteiger charge is 2.54. The highest BCUT2D eigenvalue weighted by Crippen LogP contribution is 2.41. The highest BCUT2D eigenvalue weighted by molar-refractivity contribution is 6.10. The third kappa shape index (κ3) is 5.40. The van der Waals surface area contributed by atoms with Gasteiger partial charge in [-0.2, -0.15) is 0 Å². The second-order valence-electron chi connectivity index (χ2n) is 9.89. The number of hydrogen-bond donors (Lipinski definition) is 1. The first-order chi connectivity index (χ1) is 15.7. The molecule has 3 amide bonds. The second-order valence-corrected chi connectivity index (χ2v) is 9.89. The van der Waals surface area contributed by atoms with Crippen molar-refractivity contribution in [2.75, 3.05) is 26.7 Å². The van der Waals surface area contributed by atoms with E-state index in [1.54, 1.807) is 36.3 Å². The molecule has 1 N–H and O–H groups in total. The molecule has 2 fully saturated rings. The van der Waals surface area contributed by atoms with Gasteiger partial charge in [-0.3, -0.25) is 19.3 Å². The van der Waals surface area contributed by atoms with Crippen molar-refractivity contribution in [2.24, 2.45) is 11.8 Å². The van der Waals surface area contributed by atoms with Gasteiger partial charge in [-0.1, -0.05) is 32.9 Å². The molecule has 0 radical (unpaired) electrons. The lowest BCUT2D eigenvalue weighted by Gasteiger charge is -2.36. The number of carbonyl (C=O) groups is 3. The van der Waals surface area contributed by atoms with Crippen molar-refractivity contribution in [2.45, 2.75) is 70.8 Å². The predicted molar refractivity (Wildman–Crippen MR) is 126 cm³/mol. The summed E-state index contributed by atoms with van der Waals surface area (Å²) in [4.78, 5) is 43.1. The number of aliphatic hydroxyl groups is 1. The number of aliphatic hydroxyl groups excluding tert-OH is 1. The molecule has 1 aromatic rings. The van der Waals surface area contributed by atoms with E-state index in [1.807, 2.05) is 6.92 Å². The maximum Gasteiger partial charge on any atom is 0.240 e. The van der Waals surface area contributed by atoms with Crippen LogP contribution in [0.15, 0.2) is 24.3 Å². The zero-order valence-electron chi connectivity index (χ0n) is 20.4. The van der Waals surface area contributed by atoms with Crippen LogP contribution in [0, 0.1) is 11.8 Å². The normalized spacial score (nSPS) is 22.8. The minimum Gasteiger partial charge on any atom is -0.497 e. The average molecular weight is 459 g/mol. The van der Waals surface area contributed by atoms with Gasteiger partial charge in [0.15, 0.2) is 0 Å². The molecular weight excluding hydrogens is 420 g/mol. The molecule has 2 heterocycles. The lowest BCUT2D eigenvalue weighted by atomic mass is 9.75. The molecule has 1 aromatic carbocycles. The SMILES string of the molecule is CC[C@@H](O)C1CCN(C(=O)C[C@@]2(c3ccc(OC)cc3)CC(=O)N(CCC(C)C)C2=O)CC1. The summed E-state index contributed by atoms with van der Waals surface area (Å²) in [5.74, 6) is 0.628. The zero-order chi connectivity index (χ0) is 24.2. The summed E-state index contributed by atoms with van der Waals surface area (Å²) in [7, 11) is 1.57. The van der Waals surface area contributed by atoms with Crippen LogP contribution in [-0.2, 0) is 19.8 Å². The summed E-state index contributed by atoms with van der Waals surface area (Å²) in [5, 5.41) is 10.2. The minimum atomic E-state index is -1.18. The number of ether oxygens (including phenoxy) is 1. The number of likely N-dealkylation sites (tertiary alicyclic amines) is 2. The Balaban J connectivity index is 1.83. The van der Waals surface area contributed by atoms with E-state index < -0.39 is 5.41 Å². The molecule has 2 aliphatic rings. The lowest BCUT2D eigenvalue weighted by molar-refractivity contribution is -0.143. The first kappa shape index (κ1) is 25.2. The van der Waals surface area contributed by atoms with Crippen molar-refractivity contribution in [3.8, 4) is 5.75 Å². The molecule has 0 aliphatic carbocycles. The van der Waals surface area contributed by atoms with Crippen LogP contribution in [0.2, 0.25) is 0 Å². The largest absolute Gasteiger partial charge is 0.497 e. The Kier molecular flexibility index (Phi) is 8.16. The second kappa shape index (κ2) is 10.7. The van der Waals surface area contributed by atoms with E-state index in [1.165, 1.54) is 4.90 Å². The number of piperidine rings is 1. The minimum absolute atomic E-state index is 0.00696. The molecule has 2 aliphatic heterocycles. The zero-order valence-corrected chi connectivity index (χ0v) is 20.4. The molecule has 33 heavy (non-hydrogen) atoms. The molecule has 0 unspecified atom stereocenters. The van der Waals surface area contributed by atoms with Gasteiger partial charge >= 0.3 is 0 Å². The van der Waals surface area contributed by atoms with E-state index in [9.17, 15) is 19.5 Å². The summed E-state index contributed by atoms with van der Waals surface area (Å²) < 4.78 is 5.26. The van der Waals surface area contributed by atoms with Crippen molar-refractivity contribution in [3.63, 3.8) is 0 Å². The fourth-order valence-electron chi connectivity index (χ4n) is 5.03. The Bertz CT molecular complexity index is 845. The fraction of sp³-hybridized carbons (Fsp3) is 0.654. The van der Waals surface area contributed by atoms with Crippen molar-refractivity contribution < 1.29 is 24.2 Å². The molecule has 2 atom stereocenters. The number of hydrogen-bond acceptors (Lipinski definition) is 5. The first-order valence-electron chi connectivity index (χ1n) is 12.2. The van der Waals surface area contributed by atoms with E-state index in [0.29, 0.717) is 43.3 Å². The quantitative estimate of drug-likeness (QED) is 0.575. The van der Waals surface area contributed by atoms with Crippen LogP contribution in [0.1, 0.15) is 64.9 Å². The number of nitrogens with zero attached hydrogens (tertiary/aromatic N) is 2. The molecule has 0 spiro atoms. The third-order valence-corrected chi connectivity index (χ3v) is 7.29. The summed E-state index contributed by atoms with van der Waals surface area (Å²) >= 11 is 0. The van der Waals surface area contributed by atoms with Gasteiger partial charge in [0.05, 0.1) is 18.6 Å². The van der Waals surface area contributed by atoms with Crippen LogP contribution in [0.3, 0.4) is 0 Å². The highest BCUT2D eigenvalue weighted by atomic mass is 16.5. The van der Waals surface area contributed by atoms with Gasteiger partial charge in [-0.05, 0) is 55.2 Å². The number of methoxy groups -OCH3 is 1. The van der Waals surface area contributed by atoms with Crippen LogP contribution in [0.5, 0.6) is 5.75 Å². The fourth-order valence-corrected chi connectivity index (χ4v) is 5.03. The Labute approximate surface area is 197 Å².